The minimum absolute atomic E-state index is 0.259. The minimum atomic E-state index is -0.565. The van der Waals surface area contributed by atoms with Gasteiger partial charge in [-0.1, -0.05) is 0 Å². The first-order valence-electron chi connectivity index (χ1n) is 5.34. The third-order valence-corrected chi connectivity index (χ3v) is 4.94. The molecular formula is C12H10O6S2. The van der Waals surface area contributed by atoms with E-state index in [0.717, 1.165) is 22.7 Å². The molecule has 0 atom stereocenters. The quantitative estimate of drug-likeness (QED) is 0.639. The predicted octanol–water partition coefficient (Wildman–Crippen LogP) is 2.32. The molecule has 0 saturated carbocycles. The average molecular weight is 314 g/mol. The molecular weight excluding hydrogens is 304 g/mol. The largest absolute Gasteiger partial charge is 0.465 e. The second kappa shape index (κ2) is 5.59. The van der Waals surface area contributed by atoms with Crippen molar-refractivity contribution in [2.24, 2.45) is 0 Å². The van der Waals surface area contributed by atoms with Gasteiger partial charge >= 0.3 is 17.9 Å². The van der Waals surface area contributed by atoms with Crippen molar-refractivity contribution in [2.45, 2.75) is 0 Å². The fourth-order valence-corrected chi connectivity index (χ4v) is 3.94. The molecule has 0 unspecified atom stereocenters. The van der Waals surface area contributed by atoms with Crippen LogP contribution in [-0.4, -0.2) is 39.2 Å². The van der Waals surface area contributed by atoms with Gasteiger partial charge in [-0.2, -0.15) is 0 Å². The van der Waals surface area contributed by atoms with Crippen LogP contribution in [0.2, 0.25) is 0 Å². The molecule has 0 amide bonds. The summed E-state index contributed by atoms with van der Waals surface area (Å²) in [7, 11) is 3.76. The summed E-state index contributed by atoms with van der Waals surface area (Å²) >= 11 is 2.06. The monoisotopic (exact) mass is 314 g/mol. The summed E-state index contributed by atoms with van der Waals surface area (Å²) in [5.41, 5.74) is 0. The van der Waals surface area contributed by atoms with E-state index in [1.807, 2.05) is 0 Å². The Morgan fingerprint density at radius 1 is 0.850 bits per heavy atom. The standard InChI is InChI=1S/C12H10O6S2/c1-16-10(13)6-4-5-7(19-6)9(12(15)18-3)20-8(5)11(14)17-2/h4H,1-3H3. The van der Waals surface area contributed by atoms with Gasteiger partial charge < -0.3 is 14.2 Å². The third-order valence-electron chi connectivity index (χ3n) is 2.52. The molecule has 2 aromatic heterocycles. The van der Waals surface area contributed by atoms with E-state index in [-0.39, 0.29) is 9.75 Å². The molecule has 8 heteroatoms. The van der Waals surface area contributed by atoms with Gasteiger partial charge in [-0.3, -0.25) is 0 Å². The molecule has 2 heterocycles. The molecule has 0 N–H and O–H groups in total. The maximum atomic E-state index is 11.7. The molecule has 0 aromatic carbocycles. The zero-order valence-electron chi connectivity index (χ0n) is 10.8. The first-order chi connectivity index (χ1) is 9.53. The minimum Gasteiger partial charge on any atom is -0.465 e. The lowest BCUT2D eigenvalue weighted by molar-refractivity contribution is 0.0595. The number of ether oxygens (including phenoxy) is 3. The summed E-state index contributed by atoms with van der Waals surface area (Å²) in [5.74, 6) is -1.65. The van der Waals surface area contributed by atoms with E-state index in [1.54, 1.807) is 0 Å². The van der Waals surface area contributed by atoms with Gasteiger partial charge in [0.1, 0.15) is 14.6 Å². The van der Waals surface area contributed by atoms with E-state index < -0.39 is 17.9 Å². The summed E-state index contributed by atoms with van der Waals surface area (Å²) in [6.07, 6.45) is 0. The molecule has 0 saturated heterocycles. The summed E-state index contributed by atoms with van der Waals surface area (Å²) < 4.78 is 14.5. The third kappa shape index (κ3) is 2.27. The number of hydrogen-bond acceptors (Lipinski definition) is 8. The van der Waals surface area contributed by atoms with Crippen molar-refractivity contribution < 1.29 is 28.6 Å². The number of hydrogen-bond donors (Lipinski definition) is 0. The van der Waals surface area contributed by atoms with E-state index in [4.69, 9.17) is 0 Å². The highest BCUT2D eigenvalue weighted by molar-refractivity contribution is 7.27. The molecule has 2 rings (SSSR count). The fourth-order valence-electron chi connectivity index (χ4n) is 1.60. The first-order valence-corrected chi connectivity index (χ1v) is 6.98. The van der Waals surface area contributed by atoms with Gasteiger partial charge in [0.2, 0.25) is 0 Å². The lowest BCUT2D eigenvalue weighted by Gasteiger charge is -1.96. The highest BCUT2D eigenvalue weighted by Crippen LogP contribution is 2.38. The zero-order chi connectivity index (χ0) is 14.9. The molecule has 2 aromatic rings. The van der Waals surface area contributed by atoms with E-state index in [2.05, 4.69) is 14.2 Å². The van der Waals surface area contributed by atoms with Crippen LogP contribution in [0.3, 0.4) is 0 Å². The number of carbonyl (C=O) groups is 3. The van der Waals surface area contributed by atoms with Crippen molar-refractivity contribution in [1.29, 1.82) is 0 Å². The maximum absolute atomic E-state index is 11.7. The Labute approximate surface area is 121 Å². The maximum Gasteiger partial charge on any atom is 0.349 e. The van der Waals surface area contributed by atoms with Crippen LogP contribution in [0.1, 0.15) is 29.0 Å². The highest BCUT2D eigenvalue weighted by atomic mass is 32.1. The van der Waals surface area contributed by atoms with Crippen LogP contribution in [0.4, 0.5) is 0 Å². The molecule has 0 spiro atoms. The van der Waals surface area contributed by atoms with E-state index in [1.165, 1.54) is 27.4 Å². The van der Waals surface area contributed by atoms with Crippen LogP contribution < -0.4 is 0 Å². The first kappa shape index (κ1) is 14.5. The van der Waals surface area contributed by atoms with Crippen molar-refractivity contribution in [3.63, 3.8) is 0 Å². The Kier molecular flexibility index (Phi) is 4.05. The molecule has 0 bridgehead atoms. The van der Waals surface area contributed by atoms with Crippen molar-refractivity contribution >= 4 is 50.7 Å². The van der Waals surface area contributed by atoms with Crippen LogP contribution in [0.5, 0.6) is 0 Å². The summed E-state index contributed by atoms with van der Waals surface area (Å²) in [5, 5.41) is 0.493. The Bertz CT molecular complexity index is 648. The van der Waals surface area contributed by atoms with Crippen molar-refractivity contribution in [2.75, 3.05) is 21.3 Å². The summed E-state index contributed by atoms with van der Waals surface area (Å²) in [6.45, 7) is 0. The molecule has 0 radical (unpaired) electrons. The van der Waals surface area contributed by atoms with Gasteiger partial charge in [0, 0.05) is 5.39 Å². The summed E-state index contributed by atoms with van der Waals surface area (Å²) in [4.78, 5) is 35.8. The predicted molar refractivity (Wildman–Crippen MR) is 73.7 cm³/mol. The topological polar surface area (TPSA) is 78.9 Å². The summed E-state index contributed by atoms with van der Waals surface area (Å²) in [6, 6.07) is 1.51. The van der Waals surface area contributed by atoms with E-state index >= 15 is 0 Å². The van der Waals surface area contributed by atoms with Gasteiger partial charge in [0.05, 0.1) is 26.0 Å². The molecule has 0 fully saturated rings. The lowest BCUT2D eigenvalue weighted by atomic mass is 10.2. The van der Waals surface area contributed by atoms with Crippen molar-refractivity contribution in [1.82, 2.24) is 0 Å². The molecule has 6 nitrogen and oxygen atoms in total. The highest BCUT2D eigenvalue weighted by Gasteiger charge is 2.26. The lowest BCUT2D eigenvalue weighted by Crippen LogP contribution is -2.00. The Morgan fingerprint density at radius 2 is 1.40 bits per heavy atom. The number of fused-ring (bicyclic) bond motifs is 1. The Balaban J connectivity index is 2.68. The van der Waals surface area contributed by atoms with Gasteiger partial charge in [-0.05, 0) is 6.07 Å². The number of carbonyl (C=O) groups excluding carboxylic acids is 3. The number of thiophene rings is 2. The SMILES string of the molecule is COC(=O)c1cc2c(C(=O)OC)sc(C(=O)OC)c2s1. The van der Waals surface area contributed by atoms with Crippen molar-refractivity contribution in [3.8, 4) is 0 Å². The van der Waals surface area contributed by atoms with E-state index in [9.17, 15) is 14.4 Å². The second-order valence-corrected chi connectivity index (χ2v) is 5.66. The van der Waals surface area contributed by atoms with Gasteiger partial charge in [0.25, 0.3) is 0 Å². The Morgan fingerprint density at radius 3 is 1.95 bits per heavy atom. The molecule has 20 heavy (non-hydrogen) atoms. The van der Waals surface area contributed by atoms with Crippen LogP contribution in [0, 0.1) is 0 Å². The molecule has 0 aliphatic carbocycles. The van der Waals surface area contributed by atoms with Crippen LogP contribution in [-0.2, 0) is 14.2 Å². The molecule has 106 valence electrons. The average Bonchev–Trinajstić information content (AvgIpc) is 3.03. The van der Waals surface area contributed by atoms with E-state index in [0.29, 0.717) is 15.0 Å². The second-order valence-electron chi connectivity index (χ2n) is 3.59. The van der Waals surface area contributed by atoms with Gasteiger partial charge in [0.15, 0.2) is 0 Å². The normalized spacial score (nSPS) is 10.3. The number of methoxy groups -OCH3 is 3. The van der Waals surface area contributed by atoms with Crippen LogP contribution in [0.25, 0.3) is 10.1 Å². The molecule has 0 aliphatic rings. The van der Waals surface area contributed by atoms with Gasteiger partial charge in [-0.25, -0.2) is 14.4 Å². The van der Waals surface area contributed by atoms with Crippen LogP contribution in [0.15, 0.2) is 6.07 Å². The van der Waals surface area contributed by atoms with Crippen LogP contribution >= 0.6 is 22.7 Å². The molecule has 0 aliphatic heterocycles. The Hall–Kier alpha value is -1.93. The smallest absolute Gasteiger partial charge is 0.349 e. The van der Waals surface area contributed by atoms with Crippen molar-refractivity contribution in [3.05, 3.63) is 20.7 Å². The number of rotatable bonds is 3. The fraction of sp³-hybridized carbons (Fsp3) is 0.250. The zero-order valence-corrected chi connectivity index (χ0v) is 12.5. The number of esters is 3. The van der Waals surface area contributed by atoms with Gasteiger partial charge in [-0.15, -0.1) is 22.7 Å².